The lowest BCUT2D eigenvalue weighted by atomic mass is 10.1. The molecule has 0 aromatic heterocycles. The second-order valence-corrected chi connectivity index (χ2v) is 6.48. The van der Waals surface area contributed by atoms with Crippen LogP contribution in [0.1, 0.15) is 24.0 Å². The molecule has 0 spiro atoms. The number of rotatable bonds is 5. The molecule has 1 heterocycles. The van der Waals surface area contributed by atoms with Crippen molar-refractivity contribution in [2.45, 2.75) is 19.0 Å². The highest BCUT2D eigenvalue weighted by atomic mass is 19.4. The van der Waals surface area contributed by atoms with E-state index in [1.165, 1.54) is 25.3 Å². The highest BCUT2D eigenvalue weighted by molar-refractivity contribution is 6.02. The minimum absolute atomic E-state index is 0.0177. The maximum absolute atomic E-state index is 12.8. The molecule has 1 N–H and O–H groups in total. The predicted molar refractivity (Wildman–Crippen MR) is 104 cm³/mol. The molecule has 3 rings (SSSR count). The number of nitrogens with one attached hydrogen (secondary N) is 1. The summed E-state index contributed by atoms with van der Waals surface area (Å²) in [6.07, 6.45) is -0.719. The summed E-state index contributed by atoms with van der Waals surface area (Å²) in [5.74, 6) is -0.0431. The number of anilines is 2. The van der Waals surface area contributed by atoms with Crippen LogP contribution < -0.4 is 15.0 Å². The van der Waals surface area contributed by atoms with Crippen LogP contribution in [0.15, 0.2) is 48.5 Å². The number of halogens is 3. The molecule has 2 aromatic rings. The number of hydrogen-bond acceptors (Lipinski definition) is 3. The van der Waals surface area contributed by atoms with E-state index in [2.05, 4.69) is 5.32 Å². The van der Waals surface area contributed by atoms with Crippen molar-refractivity contribution in [3.8, 4) is 5.75 Å². The quantitative estimate of drug-likeness (QED) is 0.747. The van der Waals surface area contributed by atoms with Crippen molar-refractivity contribution in [1.82, 2.24) is 0 Å². The van der Waals surface area contributed by atoms with Gasteiger partial charge in [-0.25, -0.2) is 0 Å². The zero-order valence-electron chi connectivity index (χ0n) is 15.6. The fourth-order valence-corrected chi connectivity index (χ4v) is 3.06. The standard InChI is InChI=1S/C21H19F3N2O3/c1-29-18-13-16(8-9-17(18)26-11-3-6-20(26)28)25-19(27)10-7-14-4-2-5-15(12-14)21(22,23)24/h2,4-5,7-10,12-13H,3,6,11H2,1H3,(H,25,27)/b10-7+. The van der Waals surface area contributed by atoms with Crippen LogP contribution >= 0.6 is 0 Å². The minimum atomic E-state index is -4.44. The number of amides is 2. The molecule has 1 saturated heterocycles. The van der Waals surface area contributed by atoms with E-state index >= 15 is 0 Å². The second kappa shape index (κ2) is 8.38. The third-order valence-electron chi connectivity index (χ3n) is 4.45. The van der Waals surface area contributed by atoms with Gasteiger partial charge in [0.25, 0.3) is 0 Å². The van der Waals surface area contributed by atoms with Crippen molar-refractivity contribution in [2.24, 2.45) is 0 Å². The van der Waals surface area contributed by atoms with Crippen LogP contribution in [0.2, 0.25) is 0 Å². The molecule has 2 amide bonds. The van der Waals surface area contributed by atoms with Gasteiger partial charge in [0.05, 0.1) is 18.4 Å². The largest absolute Gasteiger partial charge is 0.494 e. The first-order valence-corrected chi connectivity index (χ1v) is 8.92. The Hall–Kier alpha value is -3.29. The zero-order chi connectivity index (χ0) is 21.0. The maximum atomic E-state index is 12.8. The molecular formula is C21H19F3N2O3. The average Bonchev–Trinajstić information content (AvgIpc) is 3.11. The zero-order valence-corrected chi connectivity index (χ0v) is 15.6. The van der Waals surface area contributed by atoms with Crippen molar-refractivity contribution >= 4 is 29.3 Å². The Labute approximate surface area is 165 Å². The summed E-state index contributed by atoms with van der Waals surface area (Å²) in [4.78, 5) is 25.7. The van der Waals surface area contributed by atoms with Crippen LogP contribution in [0, 0.1) is 0 Å². The molecule has 0 saturated carbocycles. The van der Waals surface area contributed by atoms with Gasteiger partial charge >= 0.3 is 6.18 Å². The average molecular weight is 404 g/mol. The van der Waals surface area contributed by atoms with E-state index in [0.29, 0.717) is 30.1 Å². The summed E-state index contributed by atoms with van der Waals surface area (Å²) in [5, 5.41) is 2.63. The third-order valence-corrected chi connectivity index (χ3v) is 4.45. The van der Waals surface area contributed by atoms with Gasteiger partial charge < -0.3 is 15.0 Å². The lowest BCUT2D eigenvalue weighted by Gasteiger charge is -2.19. The second-order valence-electron chi connectivity index (χ2n) is 6.48. The molecule has 0 atom stereocenters. The number of benzene rings is 2. The predicted octanol–water partition coefficient (Wildman–Crippen LogP) is 4.49. The van der Waals surface area contributed by atoms with Crippen molar-refractivity contribution in [1.29, 1.82) is 0 Å². The topological polar surface area (TPSA) is 58.6 Å². The molecule has 29 heavy (non-hydrogen) atoms. The van der Waals surface area contributed by atoms with Crippen LogP contribution in [-0.4, -0.2) is 25.5 Å². The van der Waals surface area contributed by atoms with E-state index in [-0.39, 0.29) is 11.5 Å². The number of carbonyl (C=O) groups excluding carboxylic acids is 2. The number of hydrogen-bond donors (Lipinski definition) is 1. The van der Waals surface area contributed by atoms with Gasteiger partial charge in [-0.3, -0.25) is 9.59 Å². The van der Waals surface area contributed by atoms with Gasteiger partial charge in [-0.05, 0) is 42.3 Å². The monoisotopic (exact) mass is 404 g/mol. The molecule has 5 nitrogen and oxygen atoms in total. The number of ether oxygens (including phenoxy) is 1. The molecule has 1 fully saturated rings. The first-order valence-electron chi connectivity index (χ1n) is 8.92. The van der Waals surface area contributed by atoms with E-state index in [9.17, 15) is 22.8 Å². The van der Waals surface area contributed by atoms with Gasteiger partial charge in [-0.15, -0.1) is 0 Å². The van der Waals surface area contributed by atoms with Crippen LogP contribution in [0.3, 0.4) is 0 Å². The molecular weight excluding hydrogens is 385 g/mol. The lowest BCUT2D eigenvalue weighted by molar-refractivity contribution is -0.137. The number of methoxy groups -OCH3 is 1. The SMILES string of the molecule is COc1cc(NC(=O)/C=C/c2cccc(C(F)(F)F)c2)ccc1N1CCCC1=O. The highest BCUT2D eigenvalue weighted by Gasteiger charge is 2.30. The summed E-state index contributed by atoms with van der Waals surface area (Å²) in [6.45, 7) is 0.612. The van der Waals surface area contributed by atoms with E-state index in [4.69, 9.17) is 4.74 Å². The van der Waals surface area contributed by atoms with Gasteiger partial charge in [0, 0.05) is 30.8 Å². The highest BCUT2D eigenvalue weighted by Crippen LogP contribution is 2.34. The maximum Gasteiger partial charge on any atom is 0.416 e. The normalized spacial score (nSPS) is 14.5. The van der Waals surface area contributed by atoms with Gasteiger partial charge in [-0.1, -0.05) is 12.1 Å². The van der Waals surface area contributed by atoms with Gasteiger partial charge in [0.2, 0.25) is 11.8 Å². The third kappa shape index (κ3) is 4.96. The number of alkyl halides is 3. The Balaban J connectivity index is 1.71. The summed E-state index contributed by atoms with van der Waals surface area (Å²) in [6, 6.07) is 9.61. The molecule has 1 aliphatic rings. The molecule has 2 aromatic carbocycles. The Kier molecular flexibility index (Phi) is 5.91. The van der Waals surface area contributed by atoms with E-state index < -0.39 is 17.6 Å². The fraction of sp³-hybridized carbons (Fsp3) is 0.238. The molecule has 0 unspecified atom stereocenters. The van der Waals surface area contributed by atoms with Crippen molar-refractivity contribution < 1.29 is 27.5 Å². The Morgan fingerprint density at radius 1 is 1.21 bits per heavy atom. The van der Waals surface area contributed by atoms with Crippen molar-refractivity contribution in [2.75, 3.05) is 23.9 Å². The lowest BCUT2D eigenvalue weighted by Crippen LogP contribution is -2.24. The smallest absolute Gasteiger partial charge is 0.416 e. The van der Waals surface area contributed by atoms with Crippen LogP contribution in [0.4, 0.5) is 24.5 Å². The Morgan fingerprint density at radius 2 is 2.00 bits per heavy atom. The number of carbonyl (C=O) groups is 2. The van der Waals surface area contributed by atoms with Crippen molar-refractivity contribution in [3.63, 3.8) is 0 Å². The van der Waals surface area contributed by atoms with Crippen LogP contribution in [0.5, 0.6) is 5.75 Å². The van der Waals surface area contributed by atoms with E-state index in [1.54, 1.807) is 23.1 Å². The van der Waals surface area contributed by atoms with Crippen LogP contribution in [-0.2, 0) is 15.8 Å². The molecule has 0 aliphatic carbocycles. The Bertz CT molecular complexity index is 954. The fourth-order valence-electron chi connectivity index (χ4n) is 3.06. The van der Waals surface area contributed by atoms with Gasteiger partial charge in [0.15, 0.2) is 0 Å². The van der Waals surface area contributed by atoms with Gasteiger partial charge in [0.1, 0.15) is 5.75 Å². The molecule has 1 aliphatic heterocycles. The van der Waals surface area contributed by atoms with Gasteiger partial charge in [-0.2, -0.15) is 13.2 Å². The minimum Gasteiger partial charge on any atom is -0.494 e. The summed E-state index contributed by atoms with van der Waals surface area (Å²) >= 11 is 0. The first-order chi connectivity index (χ1) is 13.8. The van der Waals surface area contributed by atoms with Crippen molar-refractivity contribution in [3.05, 3.63) is 59.7 Å². The van der Waals surface area contributed by atoms with E-state index in [1.807, 2.05) is 0 Å². The molecule has 0 bridgehead atoms. The van der Waals surface area contributed by atoms with Crippen LogP contribution in [0.25, 0.3) is 6.08 Å². The van der Waals surface area contributed by atoms with E-state index in [0.717, 1.165) is 24.6 Å². The summed E-state index contributed by atoms with van der Waals surface area (Å²) in [5.41, 5.74) is 0.552. The first kappa shape index (κ1) is 20.4. The number of nitrogens with zero attached hydrogens (tertiary/aromatic N) is 1. The molecule has 0 radical (unpaired) electrons. The molecule has 152 valence electrons. The summed E-state index contributed by atoms with van der Waals surface area (Å²) < 4.78 is 43.6. The Morgan fingerprint density at radius 3 is 2.66 bits per heavy atom. The summed E-state index contributed by atoms with van der Waals surface area (Å²) in [7, 11) is 1.47. The molecule has 8 heteroatoms.